The third-order valence-corrected chi connectivity index (χ3v) is 4.82. The first-order chi connectivity index (χ1) is 13.4. The Morgan fingerprint density at radius 1 is 0.929 bits per heavy atom. The Bertz CT molecular complexity index is 1010. The van der Waals surface area contributed by atoms with Crippen molar-refractivity contribution >= 4 is 17.6 Å². The molecule has 0 bridgehead atoms. The minimum atomic E-state index is -0.527. The summed E-state index contributed by atoms with van der Waals surface area (Å²) in [6, 6.07) is 16.9. The second-order valence-corrected chi connectivity index (χ2v) is 6.87. The van der Waals surface area contributed by atoms with E-state index in [0.29, 0.717) is 5.56 Å². The van der Waals surface area contributed by atoms with Crippen LogP contribution >= 0.6 is 0 Å². The van der Waals surface area contributed by atoms with Crippen molar-refractivity contribution in [1.29, 1.82) is 0 Å². The molecule has 0 unspecified atom stereocenters. The topological polar surface area (TPSA) is 60.3 Å². The Hall–Kier alpha value is -3.34. The number of benzene rings is 2. The minimum Gasteiger partial charge on any atom is -0.452 e. The molecule has 0 spiro atoms. The number of hydrogen-bond donors (Lipinski definition) is 1. The zero-order chi connectivity index (χ0) is 20.3. The van der Waals surface area contributed by atoms with E-state index in [2.05, 4.69) is 9.88 Å². The van der Waals surface area contributed by atoms with E-state index in [1.165, 1.54) is 0 Å². The fraction of sp³-hybridized carbons (Fsp3) is 0.217. The van der Waals surface area contributed by atoms with Crippen molar-refractivity contribution in [3.63, 3.8) is 0 Å². The predicted molar refractivity (Wildman–Crippen MR) is 110 cm³/mol. The number of carbonyl (C=O) groups excluding carboxylic acids is 2. The van der Waals surface area contributed by atoms with E-state index >= 15 is 0 Å². The zero-order valence-corrected chi connectivity index (χ0v) is 16.6. The van der Waals surface area contributed by atoms with Gasteiger partial charge >= 0.3 is 5.97 Å². The van der Waals surface area contributed by atoms with Crippen molar-refractivity contribution in [2.75, 3.05) is 11.9 Å². The summed E-state index contributed by atoms with van der Waals surface area (Å²) in [5, 5.41) is 2.79. The Kier molecular flexibility index (Phi) is 5.64. The van der Waals surface area contributed by atoms with Gasteiger partial charge in [-0.15, -0.1) is 0 Å². The monoisotopic (exact) mass is 376 g/mol. The number of esters is 1. The highest BCUT2D eigenvalue weighted by atomic mass is 16.5. The zero-order valence-electron chi connectivity index (χ0n) is 16.6. The number of aryl methyl sites for hydroxylation is 3. The van der Waals surface area contributed by atoms with Gasteiger partial charge in [-0.3, -0.25) is 4.79 Å². The molecule has 0 atom stereocenters. The average Bonchev–Trinajstić information content (AvgIpc) is 3.02. The predicted octanol–water partition coefficient (Wildman–Crippen LogP) is 4.51. The van der Waals surface area contributed by atoms with Crippen molar-refractivity contribution in [2.45, 2.75) is 27.7 Å². The molecule has 0 aliphatic rings. The van der Waals surface area contributed by atoms with Gasteiger partial charge in [0.25, 0.3) is 5.91 Å². The summed E-state index contributed by atoms with van der Waals surface area (Å²) in [5.41, 5.74) is 6.25. The Labute approximate surface area is 165 Å². The smallest absolute Gasteiger partial charge is 0.338 e. The Morgan fingerprint density at radius 3 is 2.32 bits per heavy atom. The molecule has 5 heteroatoms. The molecule has 1 amide bonds. The van der Waals surface area contributed by atoms with Gasteiger partial charge in [0.15, 0.2) is 6.61 Å². The molecule has 0 fully saturated rings. The average molecular weight is 376 g/mol. The van der Waals surface area contributed by atoms with Gasteiger partial charge in [0, 0.05) is 22.8 Å². The Balaban J connectivity index is 1.66. The number of ether oxygens (including phenoxy) is 1. The first-order valence-corrected chi connectivity index (χ1v) is 9.15. The van der Waals surface area contributed by atoms with Crippen molar-refractivity contribution < 1.29 is 14.3 Å². The molecule has 1 aromatic heterocycles. The van der Waals surface area contributed by atoms with Crippen molar-refractivity contribution in [1.82, 2.24) is 4.57 Å². The molecule has 2 aromatic carbocycles. The fourth-order valence-electron chi connectivity index (χ4n) is 3.13. The highest BCUT2D eigenvalue weighted by Gasteiger charge is 2.13. The van der Waals surface area contributed by atoms with E-state index in [9.17, 15) is 9.59 Å². The summed E-state index contributed by atoms with van der Waals surface area (Å²) in [4.78, 5) is 24.6. The molecule has 0 saturated carbocycles. The standard InChI is InChI=1S/C23H24N2O3/c1-15-7-5-10-21(18(15)4)24-22(26)14-28-23(27)19-8-6-9-20(13-19)25-16(2)11-12-17(25)3/h5-13H,14H2,1-4H3,(H,24,26). The number of carbonyl (C=O) groups is 2. The van der Waals surface area contributed by atoms with Crippen molar-refractivity contribution in [3.8, 4) is 5.69 Å². The molecule has 3 rings (SSSR count). The minimum absolute atomic E-state index is 0.335. The van der Waals surface area contributed by atoms with E-state index in [1.807, 2.05) is 64.1 Å². The molecule has 28 heavy (non-hydrogen) atoms. The number of rotatable bonds is 5. The van der Waals surface area contributed by atoms with Crippen LogP contribution < -0.4 is 5.32 Å². The van der Waals surface area contributed by atoms with E-state index in [4.69, 9.17) is 4.74 Å². The third-order valence-electron chi connectivity index (χ3n) is 4.82. The quantitative estimate of drug-likeness (QED) is 0.667. The van der Waals surface area contributed by atoms with Crippen LogP contribution in [-0.4, -0.2) is 23.1 Å². The van der Waals surface area contributed by atoms with Crippen LogP contribution in [-0.2, 0) is 9.53 Å². The van der Waals surface area contributed by atoms with Crippen LogP contribution in [0.5, 0.6) is 0 Å². The maximum absolute atomic E-state index is 12.4. The van der Waals surface area contributed by atoms with E-state index in [1.54, 1.807) is 18.2 Å². The highest BCUT2D eigenvalue weighted by molar-refractivity contribution is 5.96. The lowest BCUT2D eigenvalue weighted by molar-refractivity contribution is -0.119. The maximum atomic E-state index is 12.4. The van der Waals surface area contributed by atoms with Gasteiger partial charge in [-0.1, -0.05) is 18.2 Å². The van der Waals surface area contributed by atoms with E-state index in [-0.39, 0.29) is 12.5 Å². The van der Waals surface area contributed by atoms with Crippen LogP contribution in [0.1, 0.15) is 32.9 Å². The van der Waals surface area contributed by atoms with Crippen LogP contribution in [0.15, 0.2) is 54.6 Å². The maximum Gasteiger partial charge on any atom is 0.338 e. The molecule has 0 aliphatic carbocycles. The highest BCUT2D eigenvalue weighted by Crippen LogP contribution is 2.19. The van der Waals surface area contributed by atoms with Crippen molar-refractivity contribution in [2.24, 2.45) is 0 Å². The summed E-state index contributed by atoms with van der Waals surface area (Å²) in [6.45, 7) is 7.60. The van der Waals surface area contributed by atoms with Gasteiger partial charge in [0.05, 0.1) is 5.56 Å². The number of anilines is 1. The van der Waals surface area contributed by atoms with Gasteiger partial charge in [-0.25, -0.2) is 4.79 Å². The largest absolute Gasteiger partial charge is 0.452 e. The molecule has 144 valence electrons. The summed E-state index contributed by atoms with van der Waals surface area (Å²) < 4.78 is 7.26. The molecule has 5 nitrogen and oxygen atoms in total. The number of aromatic nitrogens is 1. The summed E-state index contributed by atoms with van der Waals surface area (Å²) in [5.74, 6) is -0.893. The van der Waals surface area contributed by atoms with Crippen LogP contribution in [0.25, 0.3) is 5.69 Å². The number of nitrogens with one attached hydrogen (secondary N) is 1. The second kappa shape index (κ2) is 8.13. The SMILES string of the molecule is Cc1cccc(NC(=O)COC(=O)c2cccc(-n3c(C)ccc3C)c2)c1C. The molecule has 1 heterocycles. The van der Waals surface area contributed by atoms with Gasteiger partial charge in [-0.05, 0) is 75.2 Å². The lowest BCUT2D eigenvalue weighted by atomic mass is 10.1. The lowest BCUT2D eigenvalue weighted by Crippen LogP contribution is -2.21. The van der Waals surface area contributed by atoms with E-state index < -0.39 is 5.97 Å². The summed E-state index contributed by atoms with van der Waals surface area (Å²) >= 11 is 0. The molecule has 3 aromatic rings. The van der Waals surface area contributed by atoms with Gasteiger partial charge < -0.3 is 14.6 Å². The number of amides is 1. The molecular weight excluding hydrogens is 352 g/mol. The van der Waals surface area contributed by atoms with Crippen molar-refractivity contribution in [3.05, 3.63) is 82.7 Å². The molecular formula is C23H24N2O3. The molecule has 0 radical (unpaired) electrons. The van der Waals surface area contributed by atoms with Gasteiger partial charge in [0.1, 0.15) is 0 Å². The first kappa shape index (κ1) is 19.4. The summed E-state index contributed by atoms with van der Waals surface area (Å²) in [6.07, 6.45) is 0. The first-order valence-electron chi connectivity index (χ1n) is 9.15. The van der Waals surface area contributed by atoms with Crippen LogP contribution in [0, 0.1) is 27.7 Å². The molecule has 0 aliphatic heterocycles. The second-order valence-electron chi connectivity index (χ2n) is 6.87. The van der Waals surface area contributed by atoms with E-state index in [0.717, 1.165) is 33.9 Å². The number of nitrogens with zero attached hydrogens (tertiary/aromatic N) is 1. The number of hydrogen-bond acceptors (Lipinski definition) is 3. The Morgan fingerprint density at radius 2 is 1.61 bits per heavy atom. The summed E-state index contributed by atoms with van der Waals surface area (Å²) in [7, 11) is 0. The fourth-order valence-corrected chi connectivity index (χ4v) is 3.13. The van der Waals surface area contributed by atoms with Gasteiger partial charge in [0.2, 0.25) is 0 Å². The third kappa shape index (κ3) is 4.14. The lowest BCUT2D eigenvalue weighted by Gasteiger charge is -2.12. The van der Waals surface area contributed by atoms with Gasteiger partial charge in [-0.2, -0.15) is 0 Å². The van der Waals surface area contributed by atoms with Crippen LogP contribution in [0.4, 0.5) is 5.69 Å². The normalized spacial score (nSPS) is 10.6. The molecule has 0 saturated heterocycles. The van der Waals surface area contributed by atoms with Crippen LogP contribution in [0.2, 0.25) is 0 Å². The van der Waals surface area contributed by atoms with Crippen LogP contribution in [0.3, 0.4) is 0 Å². The molecule has 1 N–H and O–H groups in total.